The zero-order valence-electron chi connectivity index (χ0n) is 11.7. The molecule has 0 radical (unpaired) electrons. The second kappa shape index (κ2) is 7.27. The molecule has 2 rings (SSSR count). The molecule has 23 heavy (non-hydrogen) atoms. The van der Waals surface area contributed by atoms with Crippen LogP contribution in [0.4, 0.5) is 5.69 Å². The maximum atomic E-state index is 12.1. The standard InChI is InChI=1S/C14H12Cl2N2O4S/c15-11-2-1-10(14(16)9-11)7-8-17-23(21,22)13-5-3-12(4-6-13)18(19)20/h1-6,9,17H,7-8H2. The summed E-state index contributed by atoms with van der Waals surface area (Å²) in [7, 11) is -3.74. The predicted octanol–water partition coefficient (Wildman–Crippen LogP) is 3.42. The Bertz CT molecular complexity index is 823. The molecule has 0 saturated heterocycles. The van der Waals surface area contributed by atoms with Crippen molar-refractivity contribution in [2.45, 2.75) is 11.3 Å². The van der Waals surface area contributed by atoms with Crippen LogP contribution in [0.15, 0.2) is 47.4 Å². The van der Waals surface area contributed by atoms with Gasteiger partial charge in [-0.15, -0.1) is 0 Å². The zero-order chi connectivity index (χ0) is 17.0. The molecule has 0 aromatic heterocycles. The molecule has 6 nitrogen and oxygen atoms in total. The van der Waals surface area contributed by atoms with Crippen LogP contribution in [0.5, 0.6) is 0 Å². The number of nitro groups is 1. The number of benzene rings is 2. The van der Waals surface area contributed by atoms with Gasteiger partial charge in [0.25, 0.3) is 5.69 Å². The van der Waals surface area contributed by atoms with E-state index < -0.39 is 14.9 Å². The number of halogens is 2. The maximum absolute atomic E-state index is 12.1. The van der Waals surface area contributed by atoms with Crippen molar-refractivity contribution >= 4 is 38.9 Å². The molecule has 0 amide bonds. The van der Waals surface area contributed by atoms with Crippen LogP contribution in [0.1, 0.15) is 5.56 Å². The number of nitro benzene ring substituents is 1. The van der Waals surface area contributed by atoms with Crippen LogP contribution < -0.4 is 4.72 Å². The molecule has 0 saturated carbocycles. The van der Waals surface area contributed by atoms with Crippen LogP contribution in [0.2, 0.25) is 10.0 Å². The Balaban J connectivity index is 2.02. The highest BCUT2D eigenvalue weighted by atomic mass is 35.5. The molecule has 0 unspecified atom stereocenters. The van der Waals surface area contributed by atoms with Gasteiger partial charge in [-0.2, -0.15) is 0 Å². The van der Waals surface area contributed by atoms with E-state index in [4.69, 9.17) is 23.2 Å². The van der Waals surface area contributed by atoms with Crippen LogP contribution in [-0.2, 0) is 16.4 Å². The molecule has 2 aromatic rings. The first-order valence-corrected chi connectivity index (χ1v) is 8.71. The van der Waals surface area contributed by atoms with Gasteiger partial charge in [0, 0.05) is 28.7 Å². The van der Waals surface area contributed by atoms with Crippen molar-refractivity contribution in [1.82, 2.24) is 4.72 Å². The second-order valence-corrected chi connectivity index (χ2v) is 7.25. The van der Waals surface area contributed by atoms with Gasteiger partial charge in [-0.3, -0.25) is 10.1 Å². The molecule has 0 aliphatic heterocycles. The molecule has 0 fully saturated rings. The summed E-state index contributed by atoms with van der Waals surface area (Å²) in [4.78, 5) is 9.94. The molecule has 0 spiro atoms. The number of rotatable bonds is 6. The Labute approximate surface area is 143 Å². The largest absolute Gasteiger partial charge is 0.269 e. The quantitative estimate of drug-likeness (QED) is 0.619. The highest BCUT2D eigenvalue weighted by molar-refractivity contribution is 7.89. The fraction of sp³-hybridized carbons (Fsp3) is 0.143. The Kier molecular flexibility index (Phi) is 5.59. The van der Waals surface area contributed by atoms with Gasteiger partial charge in [-0.25, -0.2) is 13.1 Å². The minimum absolute atomic E-state index is 0.0368. The van der Waals surface area contributed by atoms with Gasteiger partial charge in [-0.05, 0) is 36.2 Å². The highest BCUT2D eigenvalue weighted by Gasteiger charge is 2.15. The topological polar surface area (TPSA) is 89.3 Å². The lowest BCUT2D eigenvalue weighted by Crippen LogP contribution is -2.26. The Hall–Kier alpha value is -1.67. The van der Waals surface area contributed by atoms with Gasteiger partial charge in [0.15, 0.2) is 0 Å². The first kappa shape index (κ1) is 17.7. The summed E-state index contributed by atoms with van der Waals surface area (Å²) in [5.41, 5.74) is 0.597. The van der Waals surface area contributed by atoms with E-state index in [9.17, 15) is 18.5 Å². The van der Waals surface area contributed by atoms with E-state index in [1.54, 1.807) is 18.2 Å². The molecular weight excluding hydrogens is 363 g/mol. The van der Waals surface area contributed by atoms with E-state index in [1.807, 2.05) is 0 Å². The SMILES string of the molecule is O=[N+]([O-])c1ccc(S(=O)(=O)NCCc2ccc(Cl)cc2Cl)cc1. The van der Waals surface area contributed by atoms with Crippen molar-refractivity contribution in [3.63, 3.8) is 0 Å². The highest BCUT2D eigenvalue weighted by Crippen LogP contribution is 2.21. The summed E-state index contributed by atoms with van der Waals surface area (Å²) >= 11 is 11.8. The third-order valence-electron chi connectivity index (χ3n) is 3.06. The predicted molar refractivity (Wildman–Crippen MR) is 88.5 cm³/mol. The molecule has 0 atom stereocenters. The zero-order valence-corrected chi connectivity index (χ0v) is 14.0. The van der Waals surface area contributed by atoms with E-state index in [0.717, 1.165) is 17.7 Å². The van der Waals surface area contributed by atoms with Crippen molar-refractivity contribution in [3.8, 4) is 0 Å². The van der Waals surface area contributed by atoms with E-state index in [0.29, 0.717) is 16.5 Å². The van der Waals surface area contributed by atoms with E-state index >= 15 is 0 Å². The minimum Gasteiger partial charge on any atom is -0.258 e. The van der Waals surface area contributed by atoms with Gasteiger partial charge in [0.1, 0.15) is 0 Å². The number of hydrogen-bond acceptors (Lipinski definition) is 4. The van der Waals surface area contributed by atoms with Gasteiger partial charge < -0.3 is 0 Å². The number of sulfonamides is 1. The lowest BCUT2D eigenvalue weighted by Gasteiger charge is -2.08. The molecule has 0 aliphatic carbocycles. The number of nitrogens with one attached hydrogen (secondary N) is 1. The summed E-state index contributed by atoms with van der Waals surface area (Å²) in [6, 6.07) is 9.66. The van der Waals surface area contributed by atoms with E-state index in [2.05, 4.69) is 4.72 Å². The van der Waals surface area contributed by atoms with Crippen LogP contribution in [0.3, 0.4) is 0 Å². The van der Waals surface area contributed by atoms with Gasteiger partial charge in [0.05, 0.1) is 9.82 Å². The van der Waals surface area contributed by atoms with E-state index in [-0.39, 0.29) is 17.1 Å². The number of nitrogens with zero attached hydrogens (tertiary/aromatic N) is 1. The second-order valence-electron chi connectivity index (χ2n) is 4.63. The average molecular weight is 375 g/mol. The maximum Gasteiger partial charge on any atom is 0.269 e. The lowest BCUT2D eigenvalue weighted by molar-refractivity contribution is -0.384. The molecule has 0 aliphatic rings. The van der Waals surface area contributed by atoms with Gasteiger partial charge >= 0.3 is 0 Å². The van der Waals surface area contributed by atoms with Crippen LogP contribution >= 0.6 is 23.2 Å². The van der Waals surface area contributed by atoms with Crippen molar-refractivity contribution < 1.29 is 13.3 Å². The van der Waals surface area contributed by atoms with Crippen molar-refractivity contribution in [3.05, 3.63) is 68.2 Å². The fourth-order valence-electron chi connectivity index (χ4n) is 1.87. The van der Waals surface area contributed by atoms with Crippen molar-refractivity contribution in [1.29, 1.82) is 0 Å². The van der Waals surface area contributed by atoms with Gasteiger partial charge in [0.2, 0.25) is 10.0 Å². The Morgan fingerprint density at radius 1 is 1.09 bits per heavy atom. The molecule has 2 aromatic carbocycles. The number of hydrogen-bond donors (Lipinski definition) is 1. The molecule has 0 bridgehead atoms. The van der Waals surface area contributed by atoms with Crippen LogP contribution in [-0.4, -0.2) is 19.9 Å². The number of non-ortho nitro benzene ring substituents is 1. The van der Waals surface area contributed by atoms with Crippen LogP contribution in [0, 0.1) is 10.1 Å². The summed E-state index contributed by atoms with van der Waals surface area (Å²) in [6.45, 7) is 0.140. The molecule has 9 heteroatoms. The smallest absolute Gasteiger partial charge is 0.258 e. The van der Waals surface area contributed by atoms with Crippen molar-refractivity contribution in [2.75, 3.05) is 6.54 Å². The van der Waals surface area contributed by atoms with Crippen LogP contribution in [0.25, 0.3) is 0 Å². The Morgan fingerprint density at radius 3 is 2.30 bits per heavy atom. The fourth-order valence-corrected chi connectivity index (χ4v) is 3.41. The third kappa shape index (κ3) is 4.65. The molecule has 0 heterocycles. The summed E-state index contributed by atoms with van der Waals surface area (Å²) in [5, 5.41) is 11.5. The summed E-state index contributed by atoms with van der Waals surface area (Å²) in [6.07, 6.45) is 0.391. The third-order valence-corrected chi connectivity index (χ3v) is 5.12. The first-order valence-electron chi connectivity index (χ1n) is 6.47. The lowest BCUT2D eigenvalue weighted by atomic mass is 10.1. The average Bonchev–Trinajstić information content (AvgIpc) is 2.49. The Morgan fingerprint density at radius 2 is 1.74 bits per heavy atom. The normalized spacial score (nSPS) is 11.4. The molecule has 1 N–H and O–H groups in total. The van der Waals surface area contributed by atoms with Gasteiger partial charge in [-0.1, -0.05) is 29.3 Å². The first-order chi connectivity index (χ1) is 10.8. The monoisotopic (exact) mass is 374 g/mol. The summed E-state index contributed by atoms with van der Waals surface area (Å²) < 4.78 is 26.6. The van der Waals surface area contributed by atoms with E-state index in [1.165, 1.54) is 12.1 Å². The summed E-state index contributed by atoms with van der Waals surface area (Å²) in [5.74, 6) is 0. The molecular formula is C14H12Cl2N2O4S. The minimum atomic E-state index is -3.74. The molecule has 122 valence electrons. The van der Waals surface area contributed by atoms with Crippen molar-refractivity contribution in [2.24, 2.45) is 0 Å².